The summed E-state index contributed by atoms with van der Waals surface area (Å²) in [7, 11) is 1.79. The minimum Gasteiger partial charge on any atom is -0.368 e. The third-order valence-electron chi connectivity index (χ3n) is 3.97. The summed E-state index contributed by atoms with van der Waals surface area (Å²) >= 11 is 0. The second-order valence-electron chi connectivity index (χ2n) is 5.62. The average Bonchev–Trinajstić information content (AvgIpc) is 2.48. The molecule has 1 aromatic carbocycles. The fourth-order valence-corrected chi connectivity index (χ4v) is 2.74. The van der Waals surface area contributed by atoms with Crippen molar-refractivity contribution in [1.29, 1.82) is 0 Å². The molecule has 1 aliphatic rings. The molecule has 0 radical (unpaired) electrons. The van der Waals surface area contributed by atoms with E-state index in [4.69, 9.17) is 5.73 Å². The largest absolute Gasteiger partial charge is 0.368 e. The quantitative estimate of drug-likeness (QED) is 0.879. The number of carbonyl (C=O) groups is 2. The SMILES string of the molecule is CN(Cc1ccccc1)C(=O)CN1CCCC[C@@H]1C(N)=O. The predicted octanol–water partition coefficient (Wildman–Crippen LogP) is 0.985. The number of nitrogens with zero attached hydrogens (tertiary/aromatic N) is 2. The lowest BCUT2D eigenvalue weighted by Gasteiger charge is -2.34. The first-order valence-electron chi connectivity index (χ1n) is 7.39. The molecule has 5 nitrogen and oxygen atoms in total. The number of hydrogen-bond donors (Lipinski definition) is 1. The Morgan fingerprint density at radius 1 is 1.29 bits per heavy atom. The third-order valence-corrected chi connectivity index (χ3v) is 3.97. The first-order valence-corrected chi connectivity index (χ1v) is 7.39. The fourth-order valence-electron chi connectivity index (χ4n) is 2.74. The van der Waals surface area contributed by atoms with Gasteiger partial charge in [0.25, 0.3) is 0 Å². The summed E-state index contributed by atoms with van der Waals surface area (Å²) in [5.41, 5.74) is 6.52. The lowest BCUT2D eigenvalue weighted by Crippen LogP contribution is -2.51. The van der Waals surface area contributed by atoms with E-state index in [1.54, 1.807) is 11.9 Å². The molecular formula is C16H23N3O2. The van der Waals surface area contributed by atoms with Crippen LogP contribution in [0.4, 0.5) is 0 Å². The van der Waals surface area contributed by atoms with Gasteiger partial charge in [-0.25, -0.2) is 0 Å². The monoisotopic (exact) mass is 289 g/mol. The summed E-state index contributed by atoms with van der Waals surface area (Å²) < 4.78 is 0. The molecule has 1 atom stereocenters. The van der Waals surface area contributed by atoms with Crippen LogP contribution in [-0.2, 0) is 16.1 Å². The number of piperidine rings is 1. The zero-order chi connectivity index (χ0) is 15.2. The van der Waals surface area contributed by atoms with Crippen LogP contribution in [0.15, 0.2) is 30.3 Å². The van der Waals surface area contributed by atoms with Crippen molar-refractivity contribution in [2.45, 2.75) is 31.8 Å². The summed E-state index contributed by atoms with van der Waals surface area (Å²) in [6.45, 7) is 1.60. The van der Waals surface area contributed by atoms with Gasteiger partial charge in [0.2, 0.25) is 11.8 Å². The number of likely N-dealkylation sites (N-methyl/N-ethyl adjacent to an activating group) is 1. The molecule has 0 bridgehead atoms. The van der Waals surface area contributed by atoms with E-state index in [0.29, 0.717) is 6.54 Å². The van der Waals surface area contributed by atoms with Gasteiger partial charge in [0.1, 0.15) is 0 Å². The number of rotatable bonds is 5. The average molecular weight is 289 g/mol. The Morgan fingerprint density at radius 2 is 2.00 bits per heavy atom. The highest BCUT2D eigenvalue weighted by molar-refractivity contribution is 5.82. The minimum absolute atomic E-state index is 0.0204. The van der Waals surface area contributed by atoms with Crippen molar-refractivity contribution < 1.29 is 9.59 Å². The van der Waals surface area contributed by atoms with Crippen molar-refractivity contribution in [2.75, 3.05) is 20.1 Å². The van der Waals surface area contributed by atoms with Gasteiger partial charge in [-0.2, -0.15) is 0 Å². The first-order chi connectivity index (χ1) is 10.1. The Labute approximate surface area is 125 Å². The molecule has 0 unspecified atom stereocenters. The molecule has 5 heteroatoms. The van der Waals surface area contributed by atoms with Crippen LogP contribution in [0.1, 0.15) is 24.8 Å². The van der Waals surface area contributed by atoms with Gasteiger partial charge < -0.3 is 10.6 Å². The van der Waals surface area contributed by atoms with Gasteiger partial charge in [-0.1, -0.05) is 36.8 Å². The molecule has 2 rings (SSSR count). The highest BCUT2D eigenvalue weighted by Gasteiger charge is 2.28. The Hall–Kier alpha value is -1.88. The molecule has 1 heterocycles. The molecule has 1 aliphatic heterocycles. The van der Waals surface area contributed by atoms with Crippen molar-refractivity contribution in [2.24, 2.45) is 5.73 Å². The van der Waals surface area contributed by atoms with Gasteiger partial charge in [0.05, 0.1) is 12.6 Å². The van der Waals surface area contributed by atoms with Crippen LogP contribution in [0.3, 0.4) is 0 Å². The molecule has 0 aromatic heterocycles. The van der Waals surface area contributed by atoms with Gasteiger partial charge in [-0.05, 0) is 24.9 Å². The van der Waals surface area contributed by atoms with Crippen LogP contribution >= 0.6 is 0 Å². The summed E-state index contributed by atoms with van der Waals surface area (Å²) in [6.07, 6.45) is 2.77. The second kappa shape index (κ2) is 7.22. The highest BCUT2D eigenvalue weighted by atomic mass is 16.2. The molecule has 0 aliphatic carbocycles. The van der Waals surface area contributed by atoms with Crippen molar-refractivity contribution in [3.05, 3.63) is 35.9 Å². The lowest BCUT2D eigenvalue weighted by molar-refractivity contribution is -0.134. The van der Waals surface area contributed by atoms with E-state index in [-0.39, 0.29) is 24.4 Å². The van der Waals surface area contributed by atoms with Crippen molar-refractivity contribution >= 4 is 11.8 Å². The molecule has 1 fully saturated rings. The molecule has 2 N–H and O–H groups in total. The van der Waals surface area contributed by atoms with E-state index in [9.17, 15) is 9.59 Å². The van der Waals surface area contributed by atoms with Gasteiger partial charge in [-0.15, -0.1) is 0 Å². The maximum Gasteiger partial charge on any atom is 0.236 e. The minimum atomic E-state index is -0.326. The summed E-state index contributed by atoms with van der Waals surface area (Å²) in [5, 5.41) is 0. The van der Waals surface area contributed by atoms with Crippen molar-refractivity contribution in [3.63, 3.8) is 0 Å². The Balaban J connectivity index is 1.91. The summed E-state index contributed by atoms with van der Waals surface area (Å²) in [6, 6.07) is 9.57. The zero-order valence-electron chi connectivity index (χ0n) is 12.5. The van der Waals surface area contributed by atoms with Crippen LogP contribution in [-0.4, -0.2) is 47.8 Å². The molecule has 21 heavy (non-hydrogen) atoms. The fraction of sp³-hybridized carbons (Fsp3) is 0.500. The molecule has 2 amide bonds. The van der Waals surface area contributed by atoms with Gasteiger partial charge in [0.15, 0.2) is 0 Å². The maximum atomic E-state index is 12.3. The lowest BCUT2D eigenvalue weighted by atomic mass is 10.0. The number of hydrogen-bond acceptors (Lipinski definition) is 3. The highest BCUT2D eigenvalue weighted by Crippen LogP contribution is 2.16. The van der Waals surface area contributed by atoms with E-state index < -0.39 is 0 Å². The van der Waals surface area contributed by atoms with E-state index in [0.717, 1.165) is 31.4 Å². The van der Waals surface area contributed by atoms with Gasteiger partial charge >= 0.3 is 0 Å². The Kier molecular flexibility index (Phi) is 5.33. The molecule has 0 saturated carbocycles. The molecule has 1 saturated heterocycles. The van der Waals surface area contributed by atoms with E-state index in [1.165, 1.54) is 0 Å². The van der Waals surface area contributed by atoms with E-state index in [1.807, 2.05) is 35.2 Å². The number of benzene rings is 1. The predicted molar refractivity (Wildman–Crippen MR) is 81.3 cm³/mol. The van der Waals surface area contributed by atoms with E-state index >= 15 is 0 Å². The smallest absolute Gasteiger partial charge is 0.236 e. The number of carbonyl (C=O) groups excluding carboxylic acids is 2. The van der Waals surface area contributed by atoms with E-state index in [2.05, 4.69) is 0 Å². The third kappa shape index (κ3) is 4.29. The summed E-state index contributed by atoms with van der Waals surface area (Å²) in [4.78, 5) is 27.4. The zero-order valence-corrected chi connectivity index (χ0v) is 12.5. The number of amides is 2. The topological polar surface area (TPSA) is 66.6 Å². The maximum absolute atomic E-state index is 12.3. The molecular weight excluding hydrogens is 266 g/mol. The second-order valence-corrected chi connectivity index (χ2v) is 5.62. The normalized spacial score (nSPS) is 19.2. The van der Waals surface area contributed by atoms with Crippen LogP contribution in [0.2, 0.25) is 0 Å². The Bertz CT molecular complexity index is 490. The molecule has 0 spiro atoms. The Morgan fingerprint density at radius 3 is 2.67 bits per heavy atom. The van der Waals surface area contributed by atoms with Crippen LogP contribution < -0.4 is 5.73 Å². The molecule has 114 valence electrons. The van der Waals surface area contributed by atoms with Crippen molar-refractivity contribution in [1.82, 2.24) is 9.80 Å². The molecule has 1 aromatic rings. The first kappa shape index (κ1) is 15.5. The van der Waals surface area contributed by atoms with Crippen LogP contribution in [0, 0.1) is 0 Å². The summed E-state index contributed by atoms with van der Waals surface area (Å²) in [5.74, 6) is -0.305. The number of nitrogens with two attached hydrogens (primary N) is 1. The van der Waals surface area contributed by atoms with Gasteiger partial charge in [-0.3, -0.25) is 14.5 Å². The van der Waals surface area contributed by atoms with Crippen LogP contribution in [0.5, 0.6) is 0 Å². The standard InChI is InChI=1S/C16H23N3O2/c1-18(11-13-7-3-2-4-8-13)15(20)12-19-10-6-5-9-14(19)16(17)21/h2-4,7-8,14H,5-6,9-12H2,1H3,(H2,17,21)/t14-/m1/s1. The number of likely N-dealkylation sites (tertiary alicyclic amines) is 1. The van der Waals surface area contributed by atoms with Crippen molar-refractivity contribution in [3.8, 4) is 0 Å². The number of primary amides is 1. The van der Waals surface area contributed by atoms with Crippen LogP contribution in [0.25, 0.3) is 0 Å². The van der Waals surface area contributed by atoms with Gasteiger partial charge in [0, 0.05) is 13.6 Å².